The first-order chi connectivity index (χ1) is 8.83. The van der Waals surface area contributed by atoms with Crippen molar-refractivity contribution in [3.05, 3.63) is 23.8 Å². The number of methoxy groups -OCH3 is 2. The fourth-order valence-corrected chi connectivity index (χ4v) is 1.72. The van der Waals surface area contributed by atoms with Crippen molar-refractivity contribution in [1.29, 1.82) is 0 Å². The Hall–Kier alpha value is -1.26. The fourth-order valence-electron chi connectivity index (χ4n) is 1.72. The Morgan fingerprint density at radius 3 is 2.72 bits per heavy atom. The molecule has 4 nitrogen and oxygen atoms in total. The summed E-state index contributed by atoms with van der Waals surface area (Å²) in [5.74, 6) is 1.69. The molecule has 18 heavy (non-hydrogen) atoms. The van der Waals surface area contributed by atoms with E-state index in [1.54, 1.807) is 14.2 Å². The highest BCUT2D eigenvalue weighted by atomic mass is 16.5. The molecule has 1 aromatic carbocycles. The number of benzene rings is 1. The lowest BCUT2D eigenvalue weighted by atomic mass is 10.2. The standard InChI is InChI=1S/C14H21NO3/c1-16-7-8-18-14-9-13(17-2)6-3-11(14)10-15-12-4-5-12/h3,6,9,12,15H,4-5,7-8,10H2,1-2H3. The van der Waals surface area contributed by atoms with Crippen molar-refractivity contribution in [1.82, 2.24) is 5.32 Å². The summed E-state index contributed by atoms with van der Waals surface area (Å²) in [5, 5.41) is 3.49. The van der Waals surface area contributed by atoms with E-state index in [9.17, 15) is 0 Å². The van der Waals surface area contributed by atoms with E-state index >= 15 is 0 Å². The molecule has 0 bridgehead atoms. The van der Waals surface area contributed by atoms with Gasteiger partial charge in [-0.3, -0.25) is 0 Å². The van der Waals surface area contributed by atoms with Crippen molar-refractivity contribution in [3.8, 4) is 11.5 Å². The minimum absolute atomic E-state index is 0.556. The summed E-state index contributed by atoms with van der Waals surface area (Å²) in [7, 11) is 3.33. The van der Waals surface area contributed by atoms with Gasteiger partial charge in [-0.15, -0.1) is 0 Å². The molecule has 0 atom stereocenters. The van der Waals surface area contributed by atoms with Crippen molar-refractivity contribution in [2.24, 2.45) is 0 Å². The fraction of sp³-hybridized carbons (Fsp3) is 0.571. The molecule has 0 unspecified atom stereocenters. The van der Waals surface area contributed by atoms with Crippen LogP contribution in [0.15, 0.2) is 18.2 Å². The predicted molar refractivity (Wildman–Crippen MR) is 70.2 cm³/mol. The van der Waals surface area contributed by atoms with Gasteiger partial charge in [0.25, 0.3) is 0 Å². The first-order valence-electron chi connectivity index (χ1n) is 6.35. The van der Waals surface area contributed by atoms with Gasteiger partial charge in [-0.25, -0.2) is 0 Å². The highest BCUT2D eigenvalue weighted by Crippen LogP contribution is 2.26. The van der Waals surface area contributed by atoms with Crippen LogP contribution in [0.4, 0.5) is 0 Å². The van der Waals surface area contributed by atoms with E-state index in [1.165, 1.54) is 18.4 Å². The third-order valence-corrected chi connectivity index (χ3v) is 2.98. The third kappa shape index (κ3) is 3.89. The molecule has 1 aliphatic rings. The maximum atomic E-state index is 5.73. The summed E-state index contributed by atoms with van der Waals surface area (Å²) in [6.07, 6.45) is 2.58. The van der Waals surface area contributed by atoms with Gasteiger partial charge in [-0.1, -0.05) is 6.07 Å². The first-order valence-corrected chi connectivity index (χ1v) is 6.35. The highest BCUT2D eigenvalue weighted by Gasteiger charge is 2.20. The molecule has 0 aliphatic heterocycles. The molecule has 0 spiro atoms. The minimum atomic E-state index is 0.556. The van der Waals surface area contributed by atoms with E-state index in [4.69, 9.17) is 14.2 Å². The van der Waals surface area contributed by atoms with E-state index in [0.29, 0.717) is 19.3 Å². The van der Waals surface area contributed by atoms with Crippen molar-refractivity contribution in [2.75, 3.05) is 27.4 Å². The molecule has 0 aromatic heterocycles. The molecule has 1 N–H and O–H groups in total. The number of hydrogen-bond donors (Lipinski definition) is 1. The molecule has 1 aliphatic carbocycles. The lowest BCUT2D eigenvalue weighted by Crippen LogP contribution is -2.16. The van der Waals surface area contributed by atoms with Gasteiger partial charge in [0.15, 0.2) is 0 Å². The summed E-state index contributed by atoms with van der Waals surface area (Å²) >= 11 is 0. The maximum Gasteiger partial charge on any atom is 0.127 e. The van der Waals surface area contributed by atoms with Gasteiger partial charge in [0.05, 0.1) is 13.7 Å². The molecule has 100 valence electrons. The van der Waals surface area contributed by atoms with Gasteiger partial charge in [0.2, 0.25) is 0 Å². The van der Waals surface area contributed by atoms with Gasteiger partial charge in [0, 0.05) is 31.3 Å². The van der Waals surface area contributed by atoms with E-state index in [1.807, 2.05) is 12.1 Å². The quantitative estimate of drug-likeness (QED) is 0.717. The van der Waals surface area contributed by atoms with Crippen molar-refractivity contribution in [2.45, 2.75) is 25.4 Å². The van der Waals surface area contributed by atoms with Crippen LogP contribution < -0.4 is 14.8 Å². The smallest absolute Gasteiger partial charge is 0.127 e. The largest absolute Gasteiger partial charge is 0.497 e. The van der Waals surface area contributed by atoms with Crippen LogP contribution in [-0.2, 0) is 11.3 Å². The number of rotatable bonds is 8. The second kappa shape index (κ2) is 6.61. The maximum absolute atomic E-state index is 5.73. The Kier molecular flexibility index (Phi) is 4.84. The van der Waals surface area contributed by atoms with Crippen LogP contribution in [0, 0.1) is 0 Å². The second-order valence-corrected chi connectivity index (χ2v) is 4.47. The summed E-state index contributed by atoms with van der Waals surface area (Å²) < 4.78 is 15.9. The van der Waals surface area contributed by atoms with Crippen LogP contribution in [0.2, 0.25) is 0 Å². The van der Waals surface area contributed by atoms with E-state index in [2.05, 4.69) is 11.4 Å². The lowest BCUT2D eigenvalue weighted by molar-refractivity contribution is 0.145. The van der Waals surface area contributed by atoms with Gasteiger partial charge in [0.1, 0.15) is 18.1 Å². The number of hydrogen-bond acceptors (Lipinski definition) is 4. The first kappa shape index (κ1) is 13.2. The van der Waals surface area contributed by atoms with Crippen molar-refractivity contribution >= 4 is 0 Å². The summed E-state index contributed by atoms with van der Waals surface area (Å²) in [4.78, 5) is 0. The molecular formula is C14H21NO3. The minimum Gasteiger partial charge on any atom is -0.497 e. The average Bonchev–Trinajstić information content (AvgIpc) is 3.21. The zero-order valence-electron chi connectivity index (χ0n) is 11.1. The van der Waals surface area contributed by atoms with Crippen LogP contribution in [0.5, 0.6) is 11.5 Å². The Morgan fingerprint density at radius 2 is 2.06 bits per heavy atom. The Bertz CT molecular complexity index is 377. The van der Waals surface area contributed by atoms with Crippen molar-refractivity contribution in [3.63, 3.8) is 0 Å². The van der Waals surface area contributed by atoms with Gasteiger partial charge in [-0.2, -0.15) is 0 Å². The molecule has 2 rings (SSSR count). The van der Waals surface area contributed by atoms with E-state index in [-0.39, 0.29) is 0 Å². The third-order valence-electron chi connectivity index (χ3n) is 2.98. The van der Waals surface area contributed by atoms with Crippen LogP contribution in [0.3, 0.4) is 0 Å². The molecular weight excluding hydrogens is 230 g/mol. The van der Waals surface area contributed by atoms with Crippen molar-refractivity contribution < 1.29 is 14.2 Å². The number of ether oxygens (including phenoxy) is 3. The molecule has 0 heterocycles. The summed E-state index contributed by atoms with van der Waals surface area (Å²) in [5.41, 5.74) is 1.17. The van der Waals surface area contributed by atoms with Crippen LogP contribution in [0.1, 0.15) is 18.4 Å². The Morgan fingerprint density at radius 1 is 1.22 bits per heavy atom. The monoisotopic (exact) mass is 251 g/mol. The van der Waals surface area contributed by atoms with Gasteiger partial charge < -0.3 is 19.5 Å². The van der Waals surface area contributed by atoms with Crippen LogP contribution in [-0.4, -0.2) is 33.5 Å². The molecule has 1 aromatic rings. The number of nitrogens with one attached hydrogen (secondary N) is 1. The van der Waals surface area contributed by atoms with Crippen LogP contribution in [0.25, 0.3) is 0 Å². The predicted octanol–water partition coefficient (Wildman–Crippen LogP) is 1.97. The zero-order chi connectivity index (χ0) is 12.8. The van der Waals surface area contributed by atoms with E-state index in [0.717, 1.165) is 18.0 Å². The molecule has 0 radical (unpaired) electrons. The molecule has 0 amide bonds. The van der Waals surface area contributed by atoms with Gasteiger partial charge >= 0.3 is 0 Å². The van der Waals surface area contributed by atoms with E-state index < -0.39 is 0 Å². The van der Waals surface area contributed by atoms with Gasteiger partial charge in [-0.05, 0) is 18.9 Å². The summed E-state index contributed by atoms with van der Waals surface area (Å²) in [6, 6.07) is 6.64. The Balaban J connectivity index is 1.99. The second-order valence-electron chi connectivity index (χ2n) is 4.47. The SMILES string of the molecule is COCCOc1cc(OC)ccc1CNC1CC1. The molecule has 4 heteroatoms. The molecule has 0 saturated heterocycles. The highest BCUT2D eigenvalue weighted by molar-refractivity contribution is 5.40. The average molecular weight is 251 g/mol. The lowest BCUT2D eigenvalue weighted by Gasteiger charge is -2.13. The molecule has 1 saturated carbocycles. The summed E-state index contributed by atoms with van der Waals surface area (Å²) in [6.45, 7) is 1.99. The topological polar surface area (TPSA) is 39.7 Å². The molecule has 1 fully saturated rings. The Labute approximate surface area is 108 Å². The normalized spacial score (nSPS) is 14.6. The zero-order valence-corrected chi connectivity index (χ0v) is 11.1. The van der Waals surface area contributed by atoms with Crippen LogP contribution >= 0.6 is 0 Å².